The van der Waals surface area contributed by atoms with Crippen LogP contribution in [0.2, 0.25) is 0 Å². The number of hydrogen-bond donors (Lipinski definition) is 0. The summed E-state index contributed by atoms with van der Waals surface area (Å²) in [4.78, 5) is 12.7. The normalized spacial score (nSPS) is 36.2. The highest BCUT2D eigenvalue weighted by atomic mass is 19.4. The lowest BCUT2D eigenvalue weighted by molar-refractivity contribution is -0.201. The van der Waals surface area contributed by atoms with Crippen LogP contribution in [-0.2, 0) is 9.53 Å². The number of hydrogen-bond acceptors (Lipinski definition) is 2. The Morgan fingerprint density at radius 1 is 1.05 bits per heavy atom. The van der Waals surface area contributed by atoms with Crippen LogP contribution in [0.1, 0.15) is 57.8 Å². The number of halogens is 3. The molecular formula is C16H23F3O2. The predicted molar refractivity (Wildman–Crippen MR) is 71.8 cm³/mol. The number of rotatable bonds is 2. The molecule has 2 saturated carbocycles. The van der Waals surface area contributed by atoms with Crippen molar-refractivity contribution in [1.29, 1.82) is 0 Å². The Hall–Kier alpha value is -0.580. The van der Waals surface area contributed by atoms with Gasteiger partial charge in [-0.05, 0) is 44.9 Å². The topological polar surface area (TPSA) is 26.3 Å². The first-order valence-electron chi connectivity index (χ1n) is 8.16. The van der Waals surface area contributed by atoms with Gasteiger partial charge in [0.25, 0.3) is 0 Å². The van der Waals surface area contributed by atoms with E-state index in [1.54, 1.807) is 0 Å². The zero-order valence-corrected chi connectivity index (χ0v) is 12.3. The van der Waals surface area contributed by atoms with E-state index in [1.165, 1.54) is 0 Å². The van der Waals surface area contributed by atoms with Crippen molar-refractivity contribution in [3.8, 4) is 0 Å². The molecule has 120 valence electrons. The molecule has 0 N–H and O–H groups in total. The van der Waals surface area contributed by atoms with Gasteiger partial charge in [0, 0.05) is 18.4 Å². The van der Waals surface area contributed by atoms with Gasteiger partial charge in [-0.1, -0.05) is 12.8 Å². The minimum absolute atomic E-state index is 0.119. The average molecular weight is 304 g/mol. The van der Waals surface area contributed by atoms with Crippen LogP contribution in [-0.4, -0.2) is 24.2 Å². The van der Waals surface area contributed by atoms with Gasteiger partial charge in [-0.3, -0.25) is 4.79 Å². The summed E-state index contributed by atoms with van der Waals surface area (Å²) in [5.41, 5.74) is -0.180. The maximum absolute atomic E-state index is 13.2. The molecule has 0 amide bonds. The van der Waals surface area contributed by atoms with E-state index in [0.29, 0.717) is 32.3 Å². The van der Waals surface area contributed by atoms with Gasteiger partial charge in [0.05, 0.1) is 11.5 Å². The van der Waals surface area contributed by atoms with Gasteiger partial charge in [0.1, 0.15) is 5.78 Å². The average Bonchev–Trinajstić information content (AvgIpc) is 2.44. The zero-order valence-electron chi connectivity index (χ0n) is 12.3. The van der Waals surface area contributed by atoms with Gasteiger partial charge in [-0.2, -0.15) is 13.2 Å². The number of ether oxygens (including phenoxy) is 1. The number of carbonyl (C=O) groups excluding carboxylic acids is 1. The van der Waals surface area contributed by atoms with E-state index in [9.17, 15) is 18.0 Å². The predicted octanol–water partition coefficient (Wildman–Crippen LogP) is 4.27. The fourth-order valence-corrected chi connectivity index (χ4v) is 4.36. The van der Waals surface area contributed by atoms with Crippen LogP contribution in [0.5, 0.6) is 0 Å². The standard InChI is InChI=1S/C16H23F3O2/c17-16(18,19)13-5-2-1-4-12(13)14(20)11-6-9-21-15(10-11)7-3-8-15/h11-13H,1-10H2. The van der Waals surface area contributed by atoms with Crippen molar-refractivity contribution < 1.29 is 22.7 Å². The van der Waals surface area contributed by atoms with Crippen LogP contribution in [0.25, 0.3) is 0 Å². The molecule has 0 aromatic heterocycles. The second-order valence-electron chi connectivity index (χ2n) is 7.02. The number of carbonyl (C=O) groups is 1. The van der Waals surface area contributed by atoms with Gasteiger partial charge >= 0.3 is 6.18 Å². The summed E-state index contributed by atoms with van der Waals surface area (Å²) in [6.45, 7) is 0.528. The summed E-state index contributed by atoms with van der Waals surface area (Å²) < 4.78 is 45.3. The second kappa shape index (κ2) is 5.56. The molecule has 0 bridgehead atoms. The highest BCUT2D eigenvalue weighted by molar-refractivity contribution is 5.84. The Bertz CT molecular complexity index is 401. The second-order valence-corrected chi connectivity index (χ2v) is 7.02. The molecule has 0 radical (unpaired) electrons. The lowest BCUT2D eigenvalue weighted by Gasteiger charge is -2.47. The third-order valence-corrected chi connectivity index (χ3v) is 5.71. The molecule has 0 aromatic rings. The Morgan fingerprint density at radius 3 is 2.38 bits per heavy atom. The molecule has 1 saturated heterocycles. The minimum Gasteiger partial charge on any atom is -0.375 e. The monoisotopic (exact) mass is 304 g/mol. The molecule has 3 unspecified atom stereocenters. The number of alkyl halides is 3. The molecule has 21 heavy (non-hydrogen) atoms. The van der Waals surface area contributed by atoms with Crippen LogP contribution in [0.15, 0.2) is 0 Å². The van der Waals surface area contributed by atoms with Gasteiger partial charge < -0.3 is 4.74 Å². The summed E-state index contributed by atoms with van der Waals surface area (Å²) in [7, 11) is 0. The summed E-state index contributed by atoms with van der Waals surface area (Å²) in [5.74, 6) is -2.57. The van der Waals surface area contributed by atoms with Crippen molar-refractivity contribution in [3.63, 3.8) is 0 Å². The SMILES string of the molecule is O=C(C1CCOC2(CCC2)C1)C1CCCCC1C(F)(F)F. The van der Waals surface area contributed by atoms with E-state index in [1.807, 2.05) is 0 Å². The molecular weight excluding hydrogens is 281 g/mol. The molecule has 1 heterocycles. The van der Waals surface area contributed by atoms with Crippen LogP contribution < -0.4 is 0 Å². The van der Waals surface area contributed by atoms with Crippen molar-refractivity contribution in [2.24, 2.45) is 17.8 Å². The Morgan fingerprint density at radius 2 is 1.76 bits per heavy atom. The van der Waals surface area contributed by atoms with Crippen molar-refractivity contribution >= 4 is 5.78 Å². The first-order valence-corrected chi connectivity index (χ1v) is 8.16. The van der Waals surface area contributed by atoms with Crippen LogP contribution in [0.3, 0.4) is 0 Å². The van der Waals surface area contributed by atoms with E-state index in [0.717, 1.165) is 25.7 Å². The highest BCUT2D eigenvalue weighted by Gasteiger charge is 2.51. The molecule has 2 aliphatic carbocycles. The first-order chi connectivity index (χ1) is 9.91. The van der Waals surface area contributed by atoms with Crippen LogP contribution in [0.4, 0.5) is 13.2 Å². The molecule has 0 aromatic carbocycles. The molecule has 1 spiro atoms. The number of ketones is 1. The quantitative estimate of drug-likeness (QED) is 0.761. The van der Waals surface area contributed by atoms with E-state index in [2.05, 4.69) is 0 Å². The van der Waals surface area contributed by atoms with Gasteiger partial charge in [-0.15, -0.1) is 0 Å². The van der Waals surface area contributed by atoms with Crippen LogP contribution in [0, 0.1) is 17.8 Å². The minimum atomic E-state index is -4.24. The molecule has 2 nitrogen and oxygen atoms in total. The molecule has 3 aliphatic rings. The Kier molecular flexibility index (Phi) is 4.06. The van der Waals surface area contributed by atoms with Crippen molar-refractivity contribution in [2.45, 2.75) is 69.6 Å². The zero-order chi connectivity index (χ0) is 15.1. The summed E-state index contributed by atoms with van der Waals surface area (Å²) >= 11 is 0. The summed E-state index contributed by atoms with van der Waals surface area (Å²) in [6.07, 6.45) is 1.91. The van der Waals surface area contributed by atoms with Crippen molar-refractivity contribution in [3.05, 3.63) is 0 Å². The van der Waals surface area contributed by atoms with Crippen molar-refractivity contribution in [1.82, 2.24) is 0 Å². The lowest BCUT2D eigenvalue weighted by atomic mass is 9.67. The largest absolute Gasteiger partial charge is 0.392 e. The fourth-order valence-electron chi connectivity index (χ4n) is 4.36. The third kappa shape index (κ3) is 2.99. The molecule has 3 rings (SSSR count). The Labute approximate surface area is 123 Å². The maximum Gasteiger partial charge on any atom is 0.392 e. The maximum atomic E-state index is 13.2. The summed E-state index contributed by atoms with van der Waals surface area (Å²) in [6, 6.07) is 0. The molecule has 5 heteroatoms. The smallest absolute Gasteiger partial charge is 0.375 e. The highest BCUT2D eigenvalue weighted by Crippen LogP contribution is 2.48. The van der Waals surface area contributed by atoms with E-state index in [4.69, 9.17) is 4.74 Å². The van der Waals surface area contributed by atoms with E-state index >= 15 is 0 Å². The van der Waals surface area contributed by atoms with Gasteiger partial charge in [-0.25, -0.2) is 0 Å². The molecule has 1 aliphatic heterocycles. The van der Waals surface area contributed by atoms with Gasteiger partial charge in [0.2, 0.25) is 0 Å². The number of Topliss-reactive ketones (excluding diaryl/α,β-unsaturated/α-hetero) is 1. The van der Waals surface area contributed by atoms with Gasteiger partial charge in [0.15, 0.2) is 0 Å². The summed E-state index contributed by atoms with van der Waals surface area (Å²) in [5, 5.41) is 0. The fraction of sp³-hybridized carbons (Fsp3) is 0.938. The van der Waals surface area contributed by atoms with E-state index < -0.39 is 18.0 Å². The molecule has 3 atom stereocenters. The van der Waals surface area contributed by atoms with Crippen molar-refractivity contribution in [2.75, 3.05) is 6.61 Å². The first kappa shape index (κ1) is 15.3. The van der Waals surface area contributed by atoms with E-state index in [-0.39, 0.29) is 23.7 Å². The lowest BCUT2D eigenvalue weighted by Crippen LogP contribution is -2.49. The molecule has 3 fully saturated rings. The Balaban J connectivity index is 1.70. The van der Waals surface area contributed by atoms with Crippen LogP contribution >= 0.6 is 0 Å². The third-order valence-electron chi connectivity index (χ3n) is 5.71.